The summed E-state index contributed by atoms with van der Waals surface area (Å²) in [7, 11) is 1.63. The number of hydrogen-bond donors (Lipinski definition) is 1. The summed E-state index contributed by atoms with van der Waals surface area (Å²) >= 11 is 0. The van der Waals surface area contributed by atoms with Crippen LogP contribution in [0.15, 0.2) is 42.6 Å². The van der Waals surface area contributed by atoms with Crippen LogP contribution in [0.3, 0.4) is 0 Å². The van der Waals surface area contributed by atoms with E-state index in [-0.39, 0.29) is 5.91 Å². The van der Waals surface area contributed by atoms with Crippen molar-refractivity contribution in [2.45, 2.75) is 25.2 Å². The van der Waals surface area contributed by atoms with Crippen molar-refractivity contribution >= 4 is 11.6 Å². The van der Waals surface area contributed by atoms with Crippen molar-refractivity contribution < 1.29 is 19.0 Å². The summed E-state index contributed by atoms with van der Waals surface area (Å²) in [6.07, 6.45) is 2.88. The van der Waals surface area contributed by atoms with Crippen LogP contribution in [0.4, 0.5) is 5.69 Å². The van der Waals surface area contributed by atoms with E-state index in [9.17, 15) is 4.79 Å². The van der Waals surface area contributed by atoms with Crippen LogP contribution in [0.25, 0.3) is 0 Å². The molecule has 1 aromatic carbocycles. The summed E-state index contributed by atoms with van der Waals surface area (Å²) in [5.74, 6) is 1.27. The Balaban J connectivity index is 1.83. The topological polar surface area (TPSA) is 69.7 Å². The number of carbonyl (C=O) groups is 1. The minimum atomic E-state index is -0.622. The Labute approximate surface area is 153 Å². The van der Waals surface area contributed by atoms with Gasteiger partial charge in [-0.25, -0.2) is 4.98 Å². The number of hydrogen-bond acceptors (Lipinski definition) is 5. The van der Waals surface area contributed by atoms with E-state index in [4.69, 9.17) is 14.2 Å². The molecule has 0 unspecified atom stereocenters. The van der Waals surface area contributed by atoms with Gasteiger partial charge >= 0.3 is 0 Å². The highest BCUT2D eigenvalue weighted by atomic mass is 16.5. The first kappa shape index (κ1) is 18.2. The maximum absolute atomic E-state index is 13.2. The maximum atomic E-state index is 13.2. The van der Waals surface area contributed by atoms with Gasteiger partial charge in [0.05, 0.1) is 31.0 Å². The number of benzene rings is 1. The van der Waals surface area contributed by atoms with Crippen LogP contribution in [0.1, 0.15) is 25.3 Å². The normalized spacial score (nSPS) is 15.9. The number of ether oxygens (including phenoxy) is 3. The molecule has 2 aromatic rings. The van der Waals surface area contributed by atoms with E-state index in [0.29, 0.717) is 44.2 Å². The summed E-state index contributed by atoms with van der Waals surface area (Å²) in [6.45, 7) is 3.57. The molecule has 1 aliphatic rings. The molecule has 6 nitrogen and oxygen atoms in total. The second kappa shape index (κ2) is 8.19. The average Bonchev–Trinajstić information content (AvgIpc) is 2.70. The number of pyridine rings is 1. The lowest BCUT2D eigenvalue weighted by Gasteiger charge is -2.36. The van der Waals surface area contributed by atoms with Crippen molar-refractivity contribution in [2.24, 2.45) is 0 Å². The molecule has 138 valence electrons. The molecule has 3 rings (SSSR count). The minimum Gasteiger partial charge on any atom is -0.497 e. The molecule has 1 saturated heterocycles. The third-order valence-corrected chi connectivity index (χ3v) is 4.71. The molecular formula is C20H24N2O4. The Morgan fingerprint density at radius 2 is 1.92 bits per heavy atom. The summed E-state index contributed by atoms with van der Waals surface area (Å²) in [6, 6.07) is 11.2. The molecule has 26 heavy (non-hydrogen) atoms. The van der Waals surface area contributed by atoms with Crippen LogP contribution >= 0.6 is 0 Å². The van der Waals surface area contributed by atoms with Gasteiger partial charge in [-0.15, -0.1) is 0 Å². The number of rotatable bonds is 6. The van der Waals surface area contributed by atoms with Gasteiger partial charge in [-0.2, -0.15) is 0 Å². The van der Waals surface area contributed by atoms with Gasteiger partial charge in [0.25, 0.3) is 0 Å². The van der Waals surface area contributed by atoms with Crippen molar-refractivity contribution in [3.8, 4) is 11.6 Å². The molecule has 1 fully saturated rings. The largest absolute Gasteiger partial charge is 0.497 e. The number of nitrogens with one attached hydrogen (secondary N) is 1. The SMILES string of the molecule is CCOc1ccc(NC(=O)C2(c3ccc(OC)cc3)CCOCC2)cn1. The van der Waals surface area contributed by atoms with Crippen molar-refractivity contribution in [3.63, 3.8) is 0 Å². The van der Waals surface area contributed by atoms with Crippen molar-refractivity contribution in [2.75, 3.05) is 32.2 Å². The van der Waals surface area contributed by atoms with Crippen LogP contribution in [-0.2, 0) is 14.9 Å². The molecule has 0 radical (unpaired) electrons. The van der Waals surface area contributed by atoms with Crippen LogP contribution in [0.5, 0.6) is 11.6 Å². The van der Waals surface area contributed by atoms with Crippen LogP contribution < -0.4 is 14.8 Å². The number of aromatic nitrogens is 1. The Morgan fingerprint density at radius 1 is 1.19 bits per heavy atom. The van der Waals surface area contributed by atoms with Crippen LogP contribution in [0, 0.1) is 0 Å². The molecule has 0 spiro atoms. The van der Waals surface area contributed by atoms with Gasteiger partial charge in [-0.1, -0.05) is 12.1 Å². The monoisotopic (exact) mass is 356 g/mol. The van der Waals surface area contributed by atoms with Gasteiger partial charge in [0.15, 0.2) is 0 Å². The molecule has 0 atom stereocenters. The predicted molar refractivity (Wildman–Crippen MR) is 98.8 cm³/mol. The number of nitrogens with zero attached hydrogens (tertiary/aromatic N) is 1. The molecule has 1 amide bonds. The molecule has 1 aromatic heterocycles. The van der Waals surface area contributed by atoms with Gasteiger partial charge in [0.2, 0.25) is 11.8 Å². The lowest BCUT2D eigenvalue weighted by Crippen LogP contribution is -2.44. The van der Waals surface area contributed by atoms with E-state index in [2.05, 4.69) is 10.3 Å². The zero-order valence-corrected chi connectivity index (χ0v) is 15.2. The van der Waals surface area contributed by atoms with E-state index < -0.39 is 5.41 Å². The highest BCUT2D eigenvalue weighted by Crippen LogP contribution is 2.37. The Morgan fingerprint density at radius 3 is 2.50 bits per heavy atom. The Bertz CT molecular complexity index is 722. The van der Waals surface area contributed by atoms with E-state index in [0.717, 1.165) is 11.3 Å². The summed E-state index contributed by atoms with van der Waals surface area (Å²) in [5.41, 5.74) is 0.999. The maximum Gasteiger partial charge on any atom is 0.235 e. The molecule has 0 saturated carbocycles. The highest BCUT2D eigenvalue weighted by molar-refractivity contribution is 5.99. The fourth-order valence-corrected chi connectivity index (χ4v) is 3.21. The summed E-state index contributed by atoms with van der Waals surface area (Å²) in [5, 5.41) is 3.01. The van der Waals surface area contributed by atoms with Gasteiger partial charge in [-0.05, 0) is 43.5 Å². The summed E-state index contributed by atoms with van der Waals surface area (Å²) < 4.78 is 16.1. The fraction of sp³-hybridized carbons (Fsp3) is 0.400. The van der Waals surface area contributed by atoms with Gasteiger partial charge < -0.3 is 19.5 Å². The molecule has 1 N–H and O–H groups in total. The second-order valence-corrected chi connectivity index (χ2v) is 6.20. The third-order valence-electron chi connectivity index (χ3n) is 4.71. The summed E-state index contributed by atoms with van der Waals surface area (Å²) in [4.78, 5) is 17.4. The molecule has 0 bridgehead atoms. The number of methoxy groups -OCH3 is 1. The zero-order chi connectivity index (χ0) is 18.4. The second-order valence-electron chi connectivity index (χ2n) is 6.20. The average molecular weight is 356 g/mol. The lowest BCUT2D eigenvalue weighted by molar-refractivity contribution is -0.125. The number of anilines is 1. The number of carbonyl (C=O) groups excluding carboxylic acids is 1. The van der Waals surface area contributed by atoms with Crippen molar-refractivity contribution in [3.05, 3.63) is 48.2 Å². The van der Waals surface area contributed by atoms with Gasteiger partial charge in [0.1, 0.15) is 5.75 Å². The molecule has 0 aliphatic carbocycles. The minimum absolute atomic E-state index is 0.0445. The molecular weight excluding hydrogens is 332 g/mol. The van der Waals surface area contributed by atoms with E-state index in [1.807, 2.05) is 31.2 Å². The standard InChI is InChI=1S/C20H24N2O4/c1-3-26-18-9-6-16(14-21-18)22-19(23)20(10-12-25-13-11-20)15-4-7-17(24-2)8-5-15/h4-9,14H,3,10-13H2,1-2H3,(H,22,23). The van der Waals surface area contributed by atoms with Crippen molar-refractivity contribution in [1.82, 2.24) is 4.98 Å². The molecule has 6 heteroatoms. The highest BCUT2D eigenvalue weighted by Gasteiger charge is 2.41. The van der Waals surface area contributed by atoms with Crippen molar-refractivity contribution in [1.29, 1.82) is 0 Å². The fourth-order valence-electron chi connectivity index (χ4n) is 3.21. The van der Waals surface area contributed by atoms with Gasteiger partial charge in [-0.3, -0.25) is 4.79 Å². The quantitative estimate of drug-likeness (QED) is 0.861. The Hall–Kier alpha value is -2.60. The first-order valence-corrected chi connectivity index (χ1v) is 8.80. The first-order chi connectivity index (χ1) is 12.7. The predicted octanol–water partition coefficient (Wildman–Crippen LogP) is 3.18. The smallest absolute Gasteiger partial charge is 0.235 e. The third kappa shape index (κ3) is 3.80. The number of amides is 1. The molecule has 2 heterocycles. The zero-order valence-electron chi connectivity index (χ0n) is 15.2. The van der Waals surface area contributed by atoms with Gasteiger partial charge in [0, 0.05) is 19.3 Å². The van der Waals surface area contributed by atoms with E-state index >= 15 is 0 Å². The van der Waals surface area contributed by atoms with E-state index in [1.165, 1.54) is 0 Å². The van der Waals surface area contributed by atoms with E-state index in [1.54, 1.807) is 25.4 Å². The first-order valence-electron chi connectivity index (χ1n) is 8.80. The lowest BCUT2D eigenvalue weighted by atomic mass is 9.73. The van der Waals surface area contributed by atoms with Crippen LogP contribution in [-0.4, -0.2) is 37.8 Å². The Kier molecular flexibility index (Phi) is 5.73. The van der Waals surface area contributed by atoms with Crippen LogP contribution in [0.2, 0.25) is 0 Å². The molecule has 1 aliphatic heterocycles.